The van der Waals surface area contributed by atoms with Crippen LogP contribution < -0.4 is 10.1 Å². The molecule has 1 amide bonds. The van der Waals surface area contributed by atoms with Crippen molar-refractivity contribution < 1.29 is 13.9 Å². The molecule has 6 heteroatoms. The molecule has 4 rings (SSSR count). The first-order valence-corrected chi connectivity index (χ1v) is 9.32. The number of ether oxygens (including phenoxy) is 1. The van der Waals surface area contributed by atoms with Crippen LogP contribution in [0.5, 0.6) is 5.75 Å². The molecule has 0 unspecified atom stereocenters. The first-order valence-electron chi connectivity index (χ1n) is 9.32. The molecular formula is C22H22FN3O2. The van der Waals surface area contributed by atoms with E-state index in [0.717, 1.165) is 29.1 Å². The van der Waals surface area contributed by atoms with E-state index in [1.54, 1.807) is 19.2 Å². The Morgan fingerprint density at radius 2 is 1.93 bits per heavy atom. The molecule has 1 fully saturated rings. The average molecular weight is 379 g/mol. The number of methoxy groups -OCH3 is 1. The van der Waals surface area contributed by atoms with Crippen LogP contribution in [0.2, 0.25) is 0 Å². The molecule has 1 N–H and O–H groups in total. The maximum absolute atomic E-state index is 13.9. The predicted octanol–water partition coefficient (Wildman–Crippen LogP) is 4.44. The van der Waals surface area contributed by atoms with Crippen molar-refractivity contribution in [3.05, 3.63) is 65.6 Å². The van der Waals surface area contributed by atoms with Crippen molar-refractivity contribution in [1.29, 1.82) is 0 Å². The summed E-state index contributed by atoms with van der Waals surface area (Å²) in [6, 6.07) is 13.7. The lowest BCUT2D eigenvalue weighted by molar-refractivity contribution is 0.102. The van der Waals surface area contributed by atoms with Gasteiger partial charge in [0.2, 0.25) is 5.95 Å². The molecule has 1 heterocycles. The van der Waals surface area contributed by atoms with Crippen LogP contribution in [0.4, 0.5) is 10.3 Å². The van der Waals surface area contributed by atoms with Crippen molar-refractivity contribution in [2.75, 3.05) is 12.4 Å². The summed E-state index contributed by atoms with van der Waals surface area (Å²) in [4.78, 5) is 17.2. The van der Waals surface area contributed by atoms with E-state index in [1.165, 1.54) is 25.0 Å². The van der Waals surface area contributed by atoms with Gasteiger partial charge < -0.3 is 9.30 Å². The highest BCUT2D eigenvalue weighted by molar-refractivity contribution is 6.03. The molecule has 3 aromatic rings. The minimum Gasteiger partial charge on any atom is -0.497 e. The van der Waals surface area contributed by atoms with Gasteiger partial charge in [-0.25, -0.2) is 9.37 Å². The fourth-order valence-corrected chi connectivity index (χ4v) is 3.33. The van der Waals surface area contributed by atoms with Gasteiger partial charge in [-0.2, -0.15) is 0 Å². The van der Waals surface area contributed by atoms with E-state index in [2.05, 4.69) is 10.3 Å². The smallest absolute Gasteiger partial charge is 0.260 e. The van der Waals surface area contributed by atoms with Gasteiger partial charge in [-0.05, 0) is 61.6 Å². The number of carbonyl (C=O) groups is 1. The molecule has 2 aromatic carbocycles. The molecule has 1 aliphatic rings. The van der Waals surface area contributed by atoms with E-state index in [-0.39, 0.29) is 5.56 Å². The SMILES string of the molecule is COc1ccc(-c2c(CC3CC3)nc(NC(=O)c3ccccc3F)n2C)cc1. The van der Waals surface area contributed by atoms with Crippen LogP contribution in [0.1, 0.15) is 28.9 Å². The minimum absolute atomic E-state index is 0.000223. The zero-order chi connectivity index (χ0) is 19.7. The average Bonchev–Trinajstić information content (AvgIpc) is 3.46. The summed E-state index contributed by atoms with van der Waals surface area (Å²) in [6.45, 7) is 0. The molecule has 0 aliphatic heterocycles. The molecule has 5 nitrogen and oxygen atoms in total. The number of carbonyl (C=O) groups excluding carboxylic acids is 1. The summed E-state index contributed by atoms with van der Waals surface area (Å²) in [5, 5.41) is 2.76. The Morgan fingerprint density at radius 1 is 1.21 bits per heavy atom. The molecule has 0 saturated heterocycles. The summed E-state index contributed by atoms with van der Waals surface area (Å²) >= 11 is 0. The molecule has 0 bridgehead atoms. The maximum Gasteiger partial charge on any atom is 0.260 e. The van der Waals surface area contributed by atoms with Gasteiger partial charge in [0.25, 0.3) is 5.91 Å². The van der Waals surface area contributed by atoms with Crippen molar-refractivity contribution in [2.45, 2.75) is 19.3 Å². The lowest BCUT2D eigenvalue weighted by Gasteiger charge is -2.09. The second kappa shape index (κ2) is 7.46. The van der Waals surface area contributed by atoms with E-state index in [0.29, 0.717) is 11.9 Å². The zero-order valence-electron chi connectivity index (χ0n) is 15.9. The minimum atomic E-state index is -0.553. The molecule has 0 spiro atoms. The fourth-order valence-electron chi connectivity index (χ4n) is 3.33. The van der Waals surface area contributed by atoms with Crippen LogP contribution in [0.15, 0.2) is 48.5 Å². The summed E-state index contributed by atoms with van der Waals surface area (Å²) in [5.74, 6) is 0.771. The van der Waals surface area contributed by atoms with Crippen molar-refractivity contribution in [3.63, 3.8) is 0 Å². The number of halogens is 1. The number of hydrogen-bond acceptors (Lipinski definition) is 3. The quantitative estimate of drug-likeness (QED) is 0.689. The molecule has 0 atom stereocenters. The van der Waals surface area contributed by atoms with Crippen LogP contribution in [0, 0.1) is 11.7 Å². The summed E-state index contributed by atoms with van der Waals surface area (Å²) < 4.78 is 21.0. The summed E-state index contributed by atoms with van der Waals surface area (Å²) in [5.41, 5.74) is 2.90. The van der Waals surface area contributed by atoms with Gasteiger partial charge in [0, 0.05) is 12.6 Å². The Morgan fingerprint density at radius 3 is 2.57 bits per heavy atom. The molecule has 1 aliphatic carbocycles. The Bertz CT molecular complexity index is 1010. The first kappa shape index (κ1) is 18.2. The number of amides is 1. The van der Waals surface area contributed by atoms with Crippen LogP contribution in [0.3, 0.4) is 0 Å². The van der Waals surface area contributed by atoms with Gasteiger partial charge in [-0.1, -0.05) is 12.1 Å². The highest BCUT2D eigenvalue weighted by Gasteiger charge is 2.27. The number of anilines is 1. The van der Waals surface area contributed by atoms with Crippen LogP contribution in [0.25, 0.3) is 11.3 Å². The topological polar surface area (TPSA) is 56.1 Å². The largest absolute Gasteiger partial charge is 0.497 e. The number of aromatic nitrogens is 2. The molecule has 0 radical (unpaired) electrons. The molecular weight excluding hydrogens is 357 g/mol. The highest BCUT2D eigenvalue weighted by atomic mass is 19.1. The van der Waals surface area contributed by atoms with Gasteiger partial charge in [-0.15, -0.1) is 0 Å². The Hall–Kier alpha value is -3.15. The maximum atomic E-state index is 13.9. The van der Waals surface area contributed by atoms with E-state index < -0.39 is 11.7 Å². The molecule has 1 saturated carbocycles. The van der Waals surface area contributed by atoms with Crippen molar-refractivity contribution in [2.24, 2.45) is 13.0 Å². The van der Waals surface area contributed by atoms with Crippen LogP contribution >= 0.6 is 0 Å². The highest BCUT2D eigenvalue weighted by Crippen LogP contribution is 2.37. The van der Waals surface area contributed by atoms with E-state index in [1.807, 2.05) is 35.9 Å². The lowest BCUT2D eigenvalue weighted by atomic mass is 10.1. The molecule has 28 heavy (non-hydrogen) atoms. The second-order valence-corrected chi connectivity index (χ2v) is 7.10. The number of nitrogens with one attached hydrogen (secondary N) is 1. The van der Waals surface area contributed by atoms with Gasteiger partial charge in [0.15, 0.2) is 0 Å². The number of nitrogens with zero attached hydrogens (tertiary/aromatic N) is 2. The van der Waals surface area contributed by atoms with E-state index in [9.17, 15) is 9.18 Å². The third-order valence-corrected chi connectivity index (χ3v) is 5.05. The van der Waals surface area contributed by atoms with Gasteiger partial charge >= 0.3 is 0 Å². The normalized spacial score (nSPS) is 13.4. The number of benzene rings is 2. The Kier molecular flexibility index (Phi) is 4.86. The fraction of sp³-hybridized carbons (Fsp3) is 0.273. The van der Waals surface area contributed by atoms with E-state index >= 15 is 0 Å². The number of rotatable bonds is 6. The number of hydrogen-bond donors (Lipinski definition) is 1. The second-order valence-electron chi connectivity index (χ2n) is 7.10. The van der Waals surface area contributed by atoms with Gasteiger partial charge in [0.1, 0.15) is 11.6 Å². The third-order valence-electron chi connectivity index (χ3n) is 5.05. The van der Waals surface area contributed by atoms with Crippen molar-refractivity contribution in [3.8, 4) is 17.0 Å². The van der Waals surface area contributed by atoms with Crippen LogP contribution in [-0.4, -0.2) is 22.6 Å². The lowest BCUT2D eigenvalue weighted by Crippen LogP contribution is -2.16. The van der Waals surface area contributed by atoms with Gasteiger partial charge in [-0.3, -0.25) is 10.1 Å². The summed E-state index contributed by atoms with van der Waals surface area (Å²) in [7, 11) is 3.49. The molecule has 144 valence electrons. The van der Waals surface area contributed by atoms with Crippen molar-refractivity contribution in [1.82, 2.24) is 9.55 Å². The number of imidazole rings is 1. The van der Waals surface area contributed by atoms with Crippen LogP contribution in [-0.2, 0) is 13.5 Å². The zero-order valence-corrected chi connectivity index (χ0v) is 15.9. The van der Waals surface area contributed by atoms with E-state index in [4.69, 9.17) is 4.74 Å². The standard InChI is InChI=1S/C22H22FN3O2/c1-26-20(15-9-11-16(28-2)12-10-15)19(13-14-7-8-14)24-22(26)25-21(27)17-5-3-4-6-18(17)23/h3-6,9-12,14H,7-8,13H2,1-2H3,(H,24,25,27). The Balaban J connectivity index is 1.69. The van der Waals surface area contributed by atoms with Gasteiger partial charge in [0.05, 0.1) is 24.1 Å². The first-order chi connectivity index (χ1) is 13.6. The summed E-state index contributed by atoms with van der Waals surface area (Å²) in [6.07, 6.45) is 3.27. The predicted molar refractivity (Wildman–Crippen MR) is 106 cm³/mol. The third kappa shape index (κ3) is 3.63. The Labute approximate surface area is 163 Å². The molecule has 1 aromatic heterocycles. The monoisotopic (exact) mass is 379 g/mol. The van der Waals surface area contributed by atoms with Crippen molar-refractivity contribution >= 4 is 11.9 Å².